The van der Waals surface area contributed by atoms with Crippen molar-refractivity contribution in [3.63, 3.8) is 0 Å². The minimum atomic E-state index is -0.756. The Kier molecular flexibility index (Phi) is 4.88. The van der Waals surface area contributed by atoms with Gasteiger partial charge in [0.15, 0.2) is 5.58 Å². The average molecular weight is 418 g/mol. The molecule has 10 heteroatoms. The molecule has 1 aromatic heterocycles. The number of carbonyl (C=O) groups excluding carboxylic acids is 1. The zero-order valence-corrected chi connectivity index (χ0v) is 16.1. The lowest BCUT2D eigenvalue weighted by Gasteiger charge is -2.07. The molecule has 0 fully saturated rings. The predicted octanol–water partition coefficient (Wildman–Crippen LogP) is 4.87. The normalized spacial score (nSPS) is 10.7. The monoisotopic (exact) mass is 418 g/mol. The topological polar surface area (TPSA) is 141 Å². The van der Waals surface area contributed by atoms with Gasteiger partial charge in [-0.05, 0) is 43.3 Å². The second-order valence-electron chi connectivity index (χ2n) is 6.67. The summed E-state index contributed by atoms with van der Waals surface area (Å²) in [4.78, 5) is 37.9. The number of fused-ring (bicyclic) bond motifs is 1. The molecule has 4 aromatic rings. The fraction of sp³-hybridized carbons (Fsp3) is 0.0476. The number of aromatic nitrogens is 1. The first-order valence-electron chi connectivity index (χ1n) is 9.04. The van der Waals surface area contributed by atoms with E-state index >= 15 is 0 Å². The van der Waals surface area contributed by atoms with Gasteiger partial charge in [-0.25, -0.2) is 4.98 Å². The SMILES string of the molecule is Cc1c([N+](=O)[O-])cc(C(=O)Nc2ccc(-c3nc4ccccc4o3)cc2)cc1[N+](=O)[O-]. The molecule has 3 aromatic carbocycles. The van der Waals surface area contributed by atoms with Crippen molar-refractivity contribution in [2.45, 2.75) is 6.92 Å². The fourth-order valence-corrected chi connectivity index (χ4v) is 3.09. The van der Waals surface area contributed by atoms with Crippen molar-refractivity contribution in [1.82, 2.24) is 4.98 Å². The van der Waals surface area contributed by atoms with Gasteiger partial charge in [-0.15, -0.1) is 0 Å². The van der Waals surface area contributed by atoms with E-state index in [9.17, 15) is 25.0 Å². The predicted molar refractivity (Wildman–Crippen MR) is 112 cm³/mol. The summed E-state index contributed by atoms with van der Waals surface area (Å²) in [5.41, 5.74) is 1.17. The van der Waals surface area contributed by atoms with Crippen LogP contribution in [0.3, 0.4) is 0 Å². The first kappa shape index (κ1) is 19.7. The summed E-state index contributed by atoms with van der Waals surface area (Å²) in [6.07, 6.45) is 0. The lowest BCUT2D eigenvalue weighted by Crippen LogP contribution is -2.13. The van der Waals surface area contributed by atoms with Gasteiger partial charge < -0.3 is 9.73 Å². The van der Waals surface area contributed by atoms with E-state index in [1.807, 2.05) is 18.2 Å². The molecule has 0 atom stereocenters. The average Bonchev–Trinajstić information content (AvgIpc) is 3.18. The first-order valence-corrected chi connectivity index (χ1v) is 9.04. The maximum absolute atomic E-state index is 12.6. The number of nitro benzene ring substituents is 2. The number of hydrogen-bond acceptors (Lipinski definition) is 7. The van der Waals surface area contributed by atoms with Crippen LogP contribution in [0.15, 0.2) is 65.1 Å². The molecule has 0 radical (unpaired) electrons. The Labute approximate surface area is 174 Å². The van der Waals surface area contributed by atoms with Gasteiger partial charge in [-0.3, -0.25) is 25.0 Å². The number of oxazole rings is 1. The summed E-state index contributed by atoms with van der Waals surface area (Å²) in [5, 5.41) is 25.0. The molecule has 31 heavy (non-hydrogen) atoms. The van der Waals surface area contributed by atoms with E-state index in [1.165, 1.54) is 6.92 Å². The van der Waals surface area contributed by atoms with Crippen LogP contribution in [0.2, 0.25) is 0 Å². The minimum absolute atomic E-state index is 0.116. The molecule has 0 saturated carbocycles. The highest BCUT2D eigenvalue weighted by molar-refractivity contribution is 6.05. The highest BCUT2D eigenvalue weighted by Gasteiger charge is 2.25. The molecule has 154 valence electrons. The third-order valence-corrected chi connectivity index (χ3v) is 4.69. The summed E-state index contributed by atoms with van der Waals surface area (Å²) < 4.78 is 5.70. The highest BCUT2D eigenvalue weighted by atomic mass is 16.6. The molecule has 10 nitrogen and oxygen atoms in total. The first-order chi connectivity index (χ1) is 14.8. The largest absolute Gasteiger partial charge is 0.436 e. The Morgan fingerprint density at radius 3 is 2.16 bits per heavy atom. The van der Waals surface area contributed by atoms with E-state index in [1.54, 1.807) is 30.3 Å². The second-order valence-corrected chi connectivity index (χ2v) is 6.67. The van der Waals surface area contributed by atoms with E-state index in [2.05, 4.69) is 10.3 Å². The maximum atomic E-state index is 12.6. The molecule has 1 heterocycles. The van der Waals surface area contributed by atoms with Crippen LogP contribution < -0.4 is 5.32 Å². The van der Waals surface area contributed by atoms with Crippen LogP contribution in [0.25, 0.3) is 22.6 Å². The van der Waals surface area contributed by atoms with Crippen molar-refractivity contribution in [2.75, 3.05) is 5.32 Å². The number of amides is 1. The summed E-state index contributed by atoms with van der Waals surface area (Å²) >= 11 is 0. The number of benzene rings is 3. The zero-order chi connectivity index (χ0) is 22.1. The smallest absolute Gasteiger partial charge is 0.279 e. The van der Waals surface area contributed by atoms with Crippen LogP contribution in [0.1, 0.15) is 15.9 Å². The summed E-state index contributed by atoms with van der Waals surface area (Å²) in [7, 11) is 0. The molecular formula is C21H14N4O6. The van der Waals surface area contributed by atoms with Gasteiger partial charge in [-0.1, -0.05) is 12.1 Å². The summed E-state index contributed by atoms with van der Waals surface area (Å²) in [5.74, 6) is -0.287. The van der Waals surface area contributed by atoms with Gasteiger partial charge in [0.25, 0.3) is 17.3 Å². The standard InChI is InChI=1S/C21H14N4O6/c1-12-17(24(27)28)10-14(11-18(12)25(29)30)20(26)22-15-8-6-13(7-9-15)21-23-16-4-2-3-5-19(16)31-21/h2-11H,1H3,(H,22,26). The Hall–Kier alpha value is -4.60. The van der Waals surface area contributed by atoms with Crippen LogP contribution in [0.5, 0.6) is 0 Å². The van der Waals surface area contributed by atoms with Crippen LogP contribution in [0, 0.1) is 27.2 Å². The number of nitrogens with one attached hydrogen (secondary N) is 1. The number of nitrogens with zero attached hydrogens (tertiary/aromatic N) is 3. The summed E-state index contributed by atoms with van der Waals surface area (Å²) in [6, 6.07) is 16.0. The summed E-state index contributed by atoms with van der Waals surface area (Å²) in [6.45, 7) is 1.27. The lowest BCUT2D eigenvalue weighted by molar-refractivity contribution is -0.395. The Balaban J connectivity index is 1.59. The third-order valence-electron chi connectivity index (χ3n) is 4.69. The third kappa shape index (κ3) is 3.81. The molecule has 1 amide bonds. The minimum Gasteiger partial charge on any atom is -0.436 e. The van der Waals surface area contributed by atoms with E-state index in [-0.39, 0.29) is 11.1 Å². The van der Waals surface area contributed by atoms with E-state index in [0.717, 1.165) is 17.6 Å². The number of hydrogen-bond donors (Lipinski definition) is 1. The Morgan fingerprint density at radius 2 is 1.58 bits per heavy atom. The van der Waals surface area contributed by atoms with Crippen molar-refractivity contribution in [1.29, 1.82) is 0 Å². The van der Waals surface area contributed by atoms with Crippen molar-refractivity contribution >= 4 is 34.1 Å². The van der Waals surface area contributed by atoms with Gasteiger partial charge in [0.05, 0.1) is 15.4 Å². The quantitative estimate of drug-likeness (QED) is 0.360. The van der Waals surface area contributed by atoms with Gasteiger partial charge in [0, 0.05) is 23.4 Å². The number of carbonyl (C=O) groups is 1. The number of rotatable bonds is 5. The molecule has 0 aliphatic rings. The second kappa shape index (κ2) is 7.67. The molecule has 0 spiro atoms. The molecule has 0 unspecified atom stereocenters. The number of para-hydroxylation sites is 2. The fourth-order valence-electron chi connectivity index (χ4n) is 3.09. The van der Waals surface area contributed by atoms with Crippen molar-refractivity contribution < 1.29 is 19.1 Å². The molecule has 0 aliphatic heterocycles. The van der Waals surface area contributed by atoms with Crippen LogP contribution in [-0.4, -0.2) is 20.7 Å². The van der Waals surface area contributed by atoms with Crippen LogP contribution >= 0.6 is 0 Å². The molecule has 0 bridgehead atoms. The molecular weight excluding hydrogens is 404 g/mol. The van der Waals surface area contributed by atoms with Gasteiger partial charge >= 0.3 is 0 Å². The molecule has 4 rings (SSSR count). The Morgan fingerprint density at radius 1 is 0.968 bits per heavy atom. The molecule has 0 aliphatic carbocycles. The molecule has 0 saturated heterocycles. The maximum Gasteiger partial charge on any atom is 0.279 e. The van der Waals surface area contributed by atoms with Gasteiger partial charge in [0.2, 0.25) is 5.89 Å². The van der Waals surface area contributed by atoms with E-state index in [0.29, 0.717) is 22.7 Å². The Bertz CT molecular complexity index is 1280. The van der Waals surface area contributed by atoms with Crippen molar-refractivity contribution in [3.05, 3.63) is 92.0 Å². The number of anilines is 1. The van der Waals surface area contributed by atoms with Crippen molar-refractivity contribution in [2.24, 2.45) is 0 Å². The zero-order valence-electron chi connectivity index (χ0n) is 16.1. The van der Waals surface area contributed by atoms with Gasteiger partial charge in [-0.2, -0.15) is 0 Å². The van der Waals surface area contributed by atoms with E-state index in [4.69, 9.17) is 4.42 Å². The van der Waals surface area contributed by atoms with Crippen LogP contribution in [0.4, 0.5) is 17.1 Å². The van der Waals surface area contributed by atoms with Crippen molar-refractivity contribution in [3.8, 4) is 11.5 Å². The number of nitro groups is 2. The van der Waals surface area contributed by atoms with E-state index < -0.39 is 27.1 Å². The molecule has 1 N–H and O–H groups in total. The van der Waals surface area contributed by atoms with Gasteiger partial charge in [0.1, 0.15) is 11.1 Å². The highest BCUT2D eigenvalue weighted by Crippen LogP contribution is 2.30. The van der Waals surface area contributed by atoms with Crippen LogP contribution in [-0.2, 0) is 0 Å². The lowest BCUT2D eigenvalue weighted by atomic mass is 10.1.